The summed E-state index contributed by atoms with van der Waals surface area (Å²) in [7, 11) is 0. The maximum Gasteiger partial charge on any atom is 0.296 e. The Balaban J connectivity index is 1.60. The molecule has 0 spiro atoms. The average Bonchev–Trinajstić information content (AvgIpc) is 2.43. The molecule has 4 fully saturated rings. The van der Waals surface area contributed by atoms with Crippen molar-refractivity contribution in [3.63, 3.8) is 0 Å². The number of nitrogens with zero attached hydrogens (tertiary/aromatic N) is 1. The Labute approximate surface area is 123 Å². The lowest BCUT2D eigenvalue weighted by atomic mass is 9.54. The molecule has 0 aromatic heterocycles. The van der Waals surface area contributed by atoms with Crippen molar-refractivity contribution in [3.8, 4) is 5.75 Å². The van der Waals surface area contributed by atoms with Gasteiger partial charge in [0.05, 0.1) is 11.0 Å². The summed E-state index contributed by atoms with van der Waals surface area (Å²) in [5, 5.41) is 24.1. The quantitative estimate of drug-likeness (QED) is 0.507. The number of anilines is 1. The first-order chi connectivity index (χ1) is 10.1. The third-order valence-corrected chi connectivity index (χ3v) is 5.73. The van der Waals surface area contributed by atoms with Crippen molar-refractivity contribution in [2.24, 2.45) is 23.7 Å². The molecule has 1 aromatic carbocycles. The summed E-state index contributed by atoms with van der Waals surface area (Å²) in [5.41, 5.74) is 0.527. The van der Waals surface area contributed by atoms with E-state index in [-0.39, 0.29) is 11.4 Å². The van der Waals surface area contributed by atoms with E-state index in [0.29, 0.717) is 23.6 Å². The molecule has 5 rings (SSSR count). The van der Waals surface area contributed by atoms with Gasteiger partial charge >= 0.3 is 0 Å². The topological polar surface area (TPSA) is 75.4 Å². The number of benzene rings is 1. The Bertz CT molecular complexity index is 559. The number of phenolic OH excluding ortho intramolecular Hbond substituents is 1. The number of nitrogens with one attached hydrogen (secondary N) is 1. The van der Waals surface area contributed by atoms with Gasteiger partial charge in [0, 0.05) is 6.04 Å². The zero-order chi connectivity index (χ0) is 14.6. The van der Waals surface area contributed by atoms with Crippen LogP contribution in [0.15, 0.2) is 18.2 Å². The van der Waals surface area contributed by atoms with Gasteiger partial charge in [-0.15, -0.1) is 0 Å². The van der Waals surface area contributed by atoms with Gasteiger partial charge in [-0.25, -0.2) is 0 Å². The van der Waals surface area contributed by atoms with E-state index >= 15 is 0 Å². The maximum atomic E-state index is 11.2. The Hall–Kier alpha value is -1.78. The maximum absolute atomic E-state index is 11.2. The molecule has 2 N–H and O–H groups in total. The van der Waals surface area contributed by atoms with Crippen molar-refractivity contribution < 1.29 is 10.0 Å². The third kappa shape index (κ3) is 2.15. The molecule has 4 aliphatic rings. The van der Waals surface area contributed by atoms with Crippen LogP contribution in [-0.4, -0.2) is 16.1 Å². The van der Waals surface area contributed by atoms with Gasteiger partial charge in [0.25, 0.3) is 5.69 Å². The Kier molecular flexibility index (Phi) is 2.84. The minimum atomic E-state index is -0.419. The highest BCUT2D eigenvalue weighted by Gasteiger charge is 2.48. The number of nitro groups is 1. The fraction of sp³-hybridized carbons (Fsp3) is 0.625. The molecule has 5 nitrogen and oxygen atoms in total. The lowest BCUT2D eigenvalue weighted by molar-refractivity contribution is -0.384. The van der Waals surface area contributed by atoms with Gasteiger partial charge in [0.2, 0.25) is 0 Å². The first-order valence-corrected chi connectivity index (χ1v) is 7.84. The first-order valence-electron chi connectivity index (χ1n) is 7.84. The van der Waals surface area contributed by atoms with Crippen molar-refractivity contribution in [2.45, 2.75) is 38.1 Å². The fourth-order valence-corrected chi connectivity index (χ4v) is 5.13. The molecule has 0 radical (unpaired) electrons. The molecule has 0 unspecified atom stereocenters. The van der Waals surface area contributed by atoms with Crippen LogP contribution in [0.5, 0.6) is 5.75 Å². The van der Waals surface area contributed by atoms with E-state index in [9.17, 15) is 15.2 Å². The molecule has 4 aliphatic carbocycles. The highest BCUT2D eigenvalue weighted by molar-refractivity contribution is 5.64. The summed E-state index contributed by atoms with van der Waals surface area (Å²) in [5.74, 6) is 3.04. The van der Waals surface area contributed by atoms with E-state index in [4.69, 9.17) is 0 Å². The van der Waals surface area contributed by atoms with Gasteiger partial charge in [-0.2, -0.15) is 0 Å². The molecule has 21 heavy (non-hydrogen) atoms. The minimum Gasteiger partial charge on any atom is -0.508 e. The number of phenols is 1. The summed E-state index contributed by atoms with van der Waals surface area (Å²) < 4.78 is 0. The highest BCUT2D eigenvalue weighted by Crippen LogP contribution is 2.54. The summed E-state index contributed by atoms with van der Waals surface area (Å²) in [6, 6.07) is 4.75. The predicted molar refractivity (Wildman–Crippen MR) is 79.2 cm³/mol. The highest BCUT2D eigenvalue weighted by atomic mass is 16.6. The second kappa shape index (κ2) is 4.61. The van der Waals surface area contributed by atoms with Gasteiger partial charge in [0.1, 0.15) is 11.4 Å². The lowest BCUT2D eigenvalue weighted by Gasteiger charge is -2.54. The zero-order valence-electron chi connectivity index (χ0n) is 11.9. The van der Waals surface area contributed by atoms with E-state index in [2.05, 4.69) is 5.32 Å². The normalized spacial score (nSPS) is 36.7. The van der Waals surface area contributed by atoms with Crippen LogP contribution in [0, 0.1) is 33.8 Å². The van der Waals surface area contributed by atoms with Crippen LogP contribution in [-0.2, 0) is 0 Å². The molecular formula is C16H20N2O3. The first kappa shape index (κ1) is 12.9. The third-order valence-electron chi connectivity index (χ3n) is 5.73. The Morgan fingerprint density at radius 2 is 1.71 bits per heavy atom. The molecule has 1 aromatic rings. The second-order valence-corrected chi connectivity index (χ2v) is 7.06. The van der Waals surface area contributed by atoms with Crippen molar-refractivity contribution in [1.82, 2.24) is 0 Å². The van der Waals surface area contributed by atoms with E-state index in [1.807, 2.05) is 0 Å². The Morgan fingerprint density at radius 3 is 2.29 bits per heavy atom. The van der Waals surface area contributed by atoms with E-state index in [0.717, 1.165) is 11.8 Å². The van der Waals surface area contributed by atoms with E-state index in [1.54, 1.807) is 6.07 Å². The minimum absolute atomic E-state index is 0.0243. The van der Waals surface area contributed by atoms with E-state index < -0.39 is 4.92 Å². The predicted octanol–water partition coefficient (Wildman–Crippen LogP) is 3.54. The molecule has 0 atom stereocenters. The zero-order valence-corrected chi connectivity index (χ0v) is 11.9. The number of hydrogen-bond donors (Lipinski definition) is 2. The molecule has 5 heteroatoms. The van der Waals surface area contributed by atoms with Gasteiger partial charge in [-0.3, -0.25) is 10.1 Å². The van der Waals surface area contributed by atoms with Crippen LogP contribution in [0.2, 0.25) is 0 Å². The Morgan fingerprint density at radius 1 is 1.10 bits per heavy atom. The van der Waals surface area contributed by atoms with Crippen LogP contribution in [0.25, 0.3) is 0 Å². The van der Waals surface area contributed by atoms with Crippen molar-refractivity contribution in [1.29, 1.82) is 0 Å². The summed E-state index contributed by atoms with van der Waals surface area (Å²) in [4.78, 5) is 10.8. The number of aromatic hydroxyl groups is 1. The molecule has 112 valence electrons. The fourth-order valence-electron chi connectivity index (χ4n) is 5.13. The molecule has 4 saturated carbocycles. The molecular weight excluding hydrogens is 268 g/mol. The largest absolute Gasteiger partial charge is 0.508 e. The SMILES string of the molecule is O=[N+]([O-])c1cc(O)ccc1NC1C2CC3CC(C2)CC1C3. The van der Waals surface area contributed by atoms with Crippen LogP contribution >= 0.6 is 0 Å². The van der Waals surface area contributed by atoms with Crippen molar-refractivity contribution in [3.05, 3.63) is 28.3 Å². The van der Waals surface area contributed by atoms with Crippen LogP contribution in [0.3, 0.4) is 0 Å². The lowest BCUT2D eigenvalue weighted by Crippen LogP contribution is -2.51. The molecule has 4 bridgehead atoms. The number of rotatable bonds is 3. The number of hydrogen-bond acceptors (Lipinski definition) is 4. The standard InChI is InChI=1S/C16H20N2O3/c19-13-1-2-14(15(8-13)18(20)21)17-16-11-4-9-3-10(6-11)7-12(16)5-9/h1-2,8-12,16-17,19H,3-7H2. The molecule has 0 amide bonds. The second-order valence-electron chi connectivity index (χ2n) is 7.06. The monoisotopic (exact) mass is 288 g/mol. The van der Waals surface area contributed by atoms with Crippen LogP contribution < -0.4 is 5.32 Å². The summed E-state index contributed by atoms with van der Waals surface area (Å²) >= 11 is 0. The van der Waals surface area contributed by atoms with Crippen molar-refractivity contribution in [2.75, 3.05) is 5.32 Å². The van der Waals surface area contributed by atoms with Gasteiger partial charge in [-0.1, -0.05) is 0 Å². The molecule has 0 heterocycles. The van der Waals surface area contributed by atoms with Gasteiger partial charge in [-0.05, 0) is 67.9 Å². The van der Waals surface area contributed by atoms with E-state index in [1.165, 1.54) is 44.2 Å². The van der Waals surface area contributed by atoms with Crippen molar-refractivity contribution >= 4 is 11.4 Å². The number of nitro benzene ring substituents is 1. The van der Waals surface area contributed by atoms with Gasteiger partial charge < -0.3 is 10.4 Å². The summed E-state index contributed by atoms with van der Waals surface area (Å²) in [6.45, 7) is 0. The van der Waals surface area contributed by atoms with Crippen LogP contribution in [0.1, 0.15) is 32.1 Å². The van der Waals surface area contributed by atoms with Gasteiger partial charge in [0.15, 0.2) is 0 Å². The summed E-state index contributed by atoms with van der Waals surface area (Å²) in [6.07, 6.45) is 6.50. The van der Waals surface area contributed by atoms with Crippen LogP contribution in [0.4, 0.5) is 11.4 Å². The molecule has 0 saturated heterocycles. The smallest absolute Gasteiger partial charge is 0.296 e. The molecule has 0 aliphatic heterocycles. The average molecular weight is 288 g/mol.